The van der Waals surface area contributed by atoms with Crippen molar-refractivity contribution < 1.29 is 14.5 Å². The molecule has 18 heavy (non-hydrogen) atoms. The molecular weight excluding hydrogens is 238 g/mol. The maximum absolute atomic E-state index is 11.2. The van der Waals surface area contributed by atoms with Gasteiger partial charge in [0.15, 0.2) is 0 Å². The standard InChI is InChI=1S/C11H13N3O4/c1-18-10-3-2-9(14(16)17)11(12-10)13-6-4-8(15)5-7-13/h2-3H,4-7H2,1H3. The van der Waals surface area contributed by atoms with E-state index in [0.29, 0.717) is 31.8 Å². The first-order valence-electron chi connectivity index (χ1n) is 5.58. The lowest BCUT2D eigenvalue weighted by Crippen LogP contribution is -2.34. The predicted molar refractivity (Wildman–Crippen MR) is 63.9 cm³/mol. The highest BCUT2D eigenvalue weighted by Crippen LogP contribution is 2.29. The highest BCUT2D eigenvalue weighted by atomic mass is 16.6. The molecule has 0 aromatic carbocycles. The molecule has 1 fully saturated rings. The number of ketones is 1. The molecule has 7 nitrogen and oxygen atoms in total. The number of hydrogen-bond acceptors (Lipinski definition) is 6. The molecule has 0 unspecified atom stereocenters. The van der Waals surface area contributed by atoms with Crippen LogP contribution in [0.2, 0.25) is 0 Å². The van der Waals surface area contributed by atoms with Crippen molar-refractivity contribution in [2.75, 3.05) is 25.1 Å². The van der Waals surface area contributed by atoms with Crippen molar-refractivity contribution >= 4 is 17.3 Å². The largest absolute Gasteiger partial charge is 0.481 e. The van der Waals surface area contributed by atoms with Crippen LogP contribution in [0, 0.1) is 10.1 Å². The van der Waals surface area contributed by atoms with Gasteiger partial charge in [0.1, 0.15) is 5.78 Å². The first kappa shape index (κ1) is 12.3. The fraction of sp³-hybridized carbons (Fsp3) is 0.455. The van der Waals surface area contributed by atoms with E-state index in [-0.39, 0.29) is 17.3 Å². The summed E-state index contributed by atoms with van der Waals surface area (Å²) in [6.07, 6.45) is 0.798. The van der Waals surface area contributed by atoms with Gasteiger partial charge in [-0.25, -0.2) is 0 Å². The molecule has 0 bridgehead atoms. The topological polar surface area (TPSA) is 85.6 Å². The second kappa shape index (κ2) is 4.99. The molecule has 1 aromatic heterocycles. The van der Waals surface area contributed by atoms with E-state index >= 15 is 0 Å². The van der Waals surface area contributed by atoms with Crippen LogP contribution in [-0.4, -0.2) is 35.9 Å². The van der Waals surface area contributed by atoms with Gasteiger partial charge in [0, 0.05) is 38.1 Å². The molecule has 7 heteroatoms. The lowest BCUT2D eigenvalue weighted by Gasteiger charge is -2.26. The summed E-state index contributed by atoms with van der Waals surface area (Å²) < 4.78 is 4.97. The molecule has 0 aliphatic carbocycles. The SMILES string of the molecule is COc1ccc([N+](=O)[O-])c(N2CCC(=O)CC2)n1. The maximum Gasteiger partial charge on any atom is 0.311 e. The van der Waals surface area contributed by atoms with E-state index in [0.717, 1.165) is 0 Å². The zero-order valence-electron chi connectivity index (χ0n) is 9.96. The molecule has 0 spiro atoms. The quantitative estimate of drug-likeness (QED) is 0.592. The zero-order valence-corrected chi connectivity index (χ0v) is 9.96. The molecule has 1 aliphatic rings. The Morgan fingerprint density at radius 3 is 2.61 bits per heavy atom. The van der Waals surface area contributed by atoms with E-state index in [2.05, 4.69) is 4.98 Å². The van der Waals surface area contributed by atoms with E-state index in [9.17, 15) is 14.9 Å². The summed E-state index contributed by atoms with van der Waals surface area (Å²) in [6.45, 7) is 0.916. The van der Waals surface area contributed by atoms with Crippen molar-refractivity contribution in [3.05, 3.63) is 22.2 Å². The van der Waals surface area contributed by atoms with Gasteiger partial charge in [-0.2, -0.15) is 4.98 Å². The van der Waals surface area contributed by atoms with Crippen molar-refractivity contribution in [2.45, 2.75) is 12.8 Å². The molecule has 2 rings (SSSR count). The van der Waals surface area contributed by atoms with Crippen LogP contribution < -0.4 is 9.64 Å². The minimum absolute atomic E-state index is 0.0647. The Morgan fingerprint density at radius 2 is 2.06 bits per heavy atom. The van der Waals surface area contributed by atoms with E-state index in [1.165, 1.54) is 19.2 Å². The lowest BCUT2D eigenvalue weighted by atomic mass is 10.1. The predicted octanol–water partition coefficient (Wildman–Crippen LogP) is 1.17. The highest BCUT2D eigenvalue weighted by Gasteiger charge is 2.25. The molecule has 0 amide bonds. The number of pyridine rings is 1. The van der Waals surface area contributed by atoms with Gasteiger partial charge in [-0.15, -0.1) is 0 Å². The molecule has 0 saturated carbocycles. The van der Waals surface area contributed by atoms with Gasteiger partial charge in [-0.05, 0) is 0 Å². The second-order valence-corrected chi connectivity index (χ2v) is 3.98. The number of nitro groups is 1. The average Bonchev–Trinajstić information content (AvgIpc) is 2.38. The van der Waals surface area contributed by atoms with Crippen LogP contribution in [-0.2, 0) is 4.79 Å². The minimum atomic E-state index is -0.474. The molecule has 0 N–H and O–H groups in total. The summed E-state index contributed by atoms with van der Waals surface area (Å²) in [6, 6.07) is 2.83. The monoisotopic (exact) mass is 251 g/mol. The number of aromatic nitrogens is 1. The van der Waals surface area contributed by atoms with Crippen LogP contribution in [0.4, 0.5) is 11.5 Å². The molecule has 1 aliphatic heterocycles. The summed E-state index contributed by atoms with van der Waals surface area (Å²) in [5.41, 5.74) is -0.0647. The Labute approximate surface area is 104 Å². The summed E-state index contributed by atoms with van der Waals surface area (Å²) in [5, 5.41) is 11.0. The van der Waals surface area contributed by atoms with Crippen molar-refractivity contribution in [1.29, 1.82) is 0 Å². The number of piperidine rings is 1. The van der Waals surface area contributed by atoms with Crippen LogP contribution in [0.1, 0.15) is 12.8 Å². The molecule has 0 atom stereocenters. The average molecular weight is 251 g/mol. The lowest BCUT2D eigenvalue weighted by molar-refractivity contribution is -0.384. The number of hydrogen-bond donors (Lipinski definition) is 0. The van der Waals surface area contributed by atoms with Crippen molar-refractivity contribution in [3.63, 3.8) is 0 Å². The Kier molecular flexibility index (Phi) is 3.40. The van der Waals surface area contributed by atoms with E-state index in [1.807, 2.05) is 0 Å². The third-order valence-electron chi connectivity index (χ3n) is 2.86. The molecule has 0 radical (unpaired) electrons. The summed E-state index contributed by atoms with van der Waals surface area (Å²) in [5.74, 6) is 0.774. The third kappa shape index (κ3) is 2.39. The Hall–Kier alpha value is -2.18. The van der Waals surface area contributed by atoms with Gasteiger partial charge < -0.3 is 9.64 Å². The number of Topliss-reactive ketones (excluding diaryl/α,β-unsaturated/α-hetero) is 1. The fourth-order valence-electron chi connectivity index (χ4n) is 1.88. The first-order valence-corrected chi connectivity index (χ1v) is 5.58. The molecular formula is C11H13N3O4. The van der Waals surface area contributed by atoms with Crippen LogP contribution in [0.25, 0.3) is 0 Å². The van der Waals surface area contributed by atoms with Crippen molar-refractivity contribution in [2.24, 2.45) is 0 Å². The molecule has 2 heterocycles. The smallest absolute Gasteiger partial charge is 0.311 e. The van der Waals surface area contributed by atoms with Gasteiger partial charge >= 0.3 is 5.69 Å². The zero-order chi connectivity index (χ0) is 13.1. The maximum atomic E-state index is 11.2. The van der Waals surface area contributed by atoms with Crippen LogP contribution in [0.5, 0.6) is 5.88 Å². The van der Waals surface area contributed by atoms with Crippen LogP contribution in [0.15, 0.2) is 12.1 Å². The number of methoxy groups -OCH3 is 1. The van der Waals surface area contributed by atoms with Crippen molar-refractivity contribution in [3.8, 4) is 5.88 Å². The minimum Gasteiger partial charge on any atom is -0.481 e. The number of carbonyl (C=O) groups is 1. The second-order valence-electron chi connectivity index (χ2n) is 3.98. The van der Waals surface area contributed by atoms with Gasteiger partial charge in [-0.1, -0.05) is 0 Å². The summed E-state index contributed by atoms with van der Waals surface area (Å²) >= 11 is 0. The summed E-state index contributed by atoms with van der Waals surface area (Å²) in [7, 11) is 1.46. The Balaban J connectivity index is 2.34. The molecule has 1 aromatic rings. The van der Waals surface area contributed by atoms with Gasteiger partial charge in [-0.3, -0.25) is 14.9 Å². The summed E-state index contributed by atoms with van der Waals surface area (Å²) in [4.78, 5) is 27.5. The van der Waals surface area contributed by atoms with Gasteiger partial charge in [0.25, 0.3) is 0 Å². The van der Waals surface area contributed by atoms with Crippen LogP contribution >= 0.6 is 0 Å². The van der Waals surface area contributed by atoms with Crippen molar-refractivity contribution in [1.82, 2.24) is 4.98 Å². The Bertz CT molecular complexity index is 479. The van der Waals surface area contributed by atoms with E-state index < -0.39 is 4.92 Å². The van der Waals surface area contributed by atoms with E-state index in [1.54, 1.807) is 4.90 Å². The fourth-order valence-corrected chi connectivity index (χ4v) is 1.88. The number of rotatable bonds is 3. The Morgan fingerprint density at radius 1 is 1.39 bits per heavy atom. The highest BCUT2D eigenvalue weighted by molar-refractivity contribution is 5.81. The number of nitrogens with zero attached hydrogens (tertiary/aromatic N) is 3. The number of anilines is 1. The van der Waals surface area contributed by atoms with Gasteiger partial charge in [0.05, 0.1) is 12.0 Å². The van der Waals surface area contributed by atoms with E-state index in [4.69, 9.17) is 4.74 Å². The number of carbonyl (C=O) groups excluding carboxylic acids is 1. The number of ether oxygens (including phenoxy) is 1. The molecule has 1 saturated heterocycles. The van der Waals surface area contributed by atoms with Gasteiger partial charge in [0.2, 0.25) is 11.7 Å². The molecule has 96 valence electrons. The third-order valence-corrected chi connectivity index (χ3v) is 2.86. The first-order chi connectivity index (χ1) is 8.61. The normalized spacial score (nSPS) is 15.6. The van der Waals surface area contributed by atoms with Crippen LogP contribution in [0.3, 0.4) is 0 Å².